The topological polar surface area (TPSA) is 52.0 Å². The smallest absolute Gasteiger partial charge is 0.144 e. The van der Waals surface area contributed by atoms with Crippen molar-refractivity contribution in [3.8, 4) is 17.2 Å². The summed E-state index contributed by atoms with van der Waals surface area (Å²) in [6.45, 7) is 8.08. The fraction of sp³-hybridized carbons (Fsp3) is 0.333. The monoisotopic (exact) mass is 294 g/mol. The van der Waals surface area contributed by atoms with Gasteiger partial charge in [-0.3, -0.25) is 0 Å². The number of hydrogen-bond acceptors (Lipinski definition) is 4. The van der Waals surface area contributed by atoms with Crippen molar-refractivity contribution in [3.63, 3.8) is 0 Å². The van der Waals surface area contributed by atoms with Crippen molar-refractivity contribution in [2.24, 2.45) is 0 Å². The lowest BCUT2D eigenvalue weighted by Crippen LogP contribution is -2.28. The molecule has 0 spiro atoms. The Morgan fingerprint density at radius 1 is 1.14 bits per heavy atom. The number of nitrogens with zero attached hydrogens (tertiary/aromatic N) is 3. The highest BCUT2D eigenvalue weighted by Crippen LogP contribution is 2.26. The van der Waals surface area contributed by atoms with Crippen LogP contribution in [0.5, 0.6) is 0 Å². The van der Waals surface area contributed by atoms with Crippen molar-refractivity contribution in [1.82, 2.24) is 9.88 Å². The molecular weight excluding hydrogens is 272 g/mol. The van der Waals surface area contributed by atoms with Crippen LogP contribution in [0.2, 0.25) is 0 Å². The summed E-state index contributed by atoms with van der Waals surface area (Å²) in [7, 11) is 0. The molecule has 0 radical (unpaired) electrons. The molecule has 0 fully saturated rings. The number of hydrogen-bond donors (Lipinski definition) is 1. The Kier molecular flexibility index (Phi) is 5.93. The fourth-order valence-electron chi connectivity index (χ4n) is 2.44. The summed E-state index contributed by atoms with van der Waals surface area (Å²) in [4.78, 5) is 6.67. The van der Waals surface area contributed by atoms with Crippen LogP contribution in [0.25, 0.3) is 11.1 Å². The van der Waals surface area contributed by atoms with E-state index in [9.17, 15) is 5.26 Å². The number of likely N-dealkylation sites (N-methyl/N-ethyl adjacent to an activating group) is 1. The number of nitrogens with one attached hydrogen (secondary N) is 1. The Hall–Kier alpha value is -2.38. The van der Waals surface area contributed by atoms with Crippen LogP contribution < -0.4 is 5.32 Å². The zero-order valence-corrected chi connectivity index (χ0v) is 13.2. The van der Waals surface area contributed by atoms with E-state index in [4.69, 9.17) is 0 Å². The summed E-state index contributed by atoms with van der Waals surface area (Å²) in [5.74, 6) is 0.663. The number of aromatic nitrogens is 1. The van der Waals surface area contributed by atoms with Crippen molar-refractivity contribution in [1.29, 1.82) is 5.26 Å². The first-order chi connectivity index (χ1) is 10.8. The number of nitriles is 1. The highest BCUT2D eigenvalue weighted by Gasteiger charge is 2.11. The molecular formula is C18H22N4. The maximum absolute atomic E-state index is 9.52. The molecule has 22 heavy (non-hydrogen) atoms. The standard InChI is InChI=1S/C18H22N4/c1-3-22(4-2)13-12-21-18-17(14-19)16(10-11-20-18)15-8-6-5-7-9-15/h5-11H,3-4,12-13H2,1-2H3,(H,20,21). The van der Waals surface area contributed by atoms with Crippen LogP contribution in [-0.2, 0) is 0 Å². The van der Waals surface area contributed by atoms with E-state index in [0.29, 0.717) is 11.4 Å². The lowest BCUT2D eigenvalue weighted by molar-refractivity contribution is 0.316. The largest absolute Gasteiger partial charge is 0.368 e. The van der Waals surface area contributed by atoms with E-state index in [0.717, 1.165) is 37.3 Å². The van der Waals surface area contributed by atoms with Crippen LogP contribution in [0, 0.1) is 11.3 Å². The van der Waals surface area contributed by atoms with Crippen molar-refractivity contribution < 1.29 is 0 Å². The number of anilines is 1. The molecule has 0 aliphatic rings. The Morgan fingerprint density at radius 2 is 1.86 bits per heavy atom. The van der Waals surface area contributed by atoms with Gasteiger partial charge in [-0.2, -0.15) is 5.26 Å². The van der Waals surface area contributed by atoms with Crippen LogP contribution in [0.15, 0.2) is 42.6 Å². The highest BCUT2D eigenvalue weighted by molar-refractivity contribution is 5.75. The molecule has 0 atom stereocenters. The van der Waals surface area contributed by atoms with Crippen molar-refractivity contribution in [2.75, 3.05) is 31.5 Å². The maximum Gasteiger partial charge on any atom is 0.144 e. The lowest BCUT2D eigenvalue weighted by atomic mass is 10.0. The minimum absolute atomic E-state index is 0.605. The third-order valence-corrected chi connectivity index (χ3v) is 3.76. The van der Waals surface area contributed by atoms with Gasteiger partial charge in [0.1, 0.15) is 17.5 Å². The summed E-state index contributed by atoms with van der Waals surface area (Å²) >= 11 is 0. The molecule has 1 heterocycles. The van der Waals surface area contributed by atoms with E-state index in [-0.39, 0.29) is 0 Å². The van der Waals surface area contributed by atoms with Gasteiger partial charge in [-0.15, -0.1) is 0 Å². The molecule has 0 saturated carbocycles. The molecule has 2 rings (SSSR count). The predicted octanol–water partition coefficient (Wildman–Crippen LogP) is 3.37. The third-order valence-electron chi connectivity index (χ3n) is 3.76. The van der Waals surface area contributed by atoms with Gasteiger partial charge in [-0.05, 0) is 24.7 Å². The first-order valence-corrected chi connectivity index (χ1v) is 7.70. The van der Waals surface area contributed by atoms with Gasteiger partial charge >= 0.3 is 0 Å². The van der Waals surface area contributed by atoms with E-state index in [1.807, 2.05) is 36.4 Å². The van der Waals surface area contributed by atoms with Gasteiger partial charge in [0.05, 0.1) is 0 Å². The van der Waals surface area contributed by atoms with Gasteiger partial charge in [0.15, 0.2) is 0 Å². The van der Waals surface area contributed by atoms with E-state index in [2.05, 4.69) is 35.1 Å². The van der Waals surface area contributed by atoms with Gasteiger partial charge in [0.25, 0.3) is 0 Å². The Labute approximate surface area is 132 Å². The summed E-state index contributed by atoms with van der Waals surface area (Å²) in [5.41, 5.74) is 2.56. The predicted molar refractivity (Wildman–Crippen MR) is 90.7 cm³/mol. The molecule has 0 aliphatic heterocycles. The van der Waals surface area contributed by atoms with Gasteiger partial charge in [-0.25, -0.2) is 4.98 Å². The quantitative estimate of drug-likeness (QED) is 0.850. The fourth-order valence-corrected chi connectivity index (χ4v) is 2.44. The molecule has 114 valence electrons. The number of benzene rings is 1. The SMILES string of the molecule is CCN(CC)CCNc1nccc(-c2ccccc2)c1C#N. The second kappa shape index (κ2) is 8.16. The van der Waals surface area contributed by atoms with Crippen LogP contribution in [0.3, 0.4) is 0 Å². The minimum Gasteiger partial charge on any atom is -0.368 e. The van der Waals surface area contributed by atoms with E-state index in [1.165, 1.54) is 0 Å². The molecule has 4 heteroatoms. The molecule has 0 amide bonds. The van der Waals surface area contributed by atoms with Crippen LogP contribution in [0.4, 0.5) is 5.82 Å². The molecule has 1 aromatic heterocycles. The molecule has 0 saturated heterocycles. The van der Waals surface area contributed by atoms with Gasteiger partial charge < -0.3 is 10.2 Å². The lowest BCUT2D eigenvalue weighted by Gasteiger charge is -2.18. The Bertz CT molecular complexity index is 627. The Balaban J connectivity index is 2.18. The number of rotatable bonds is 7. The van der Waals surface area contributed by atoms with Crippen LogP contribution >= 0.6 is 0 Å². The summed E-state index contributed by atoms with van der Waals surface area (Å²) in [6, 6.07) is 14.1. The van der Waals surface area contributed by atoms with E-state index < -0.39 is 0 Å². The molecule has 0 unspecified atom stereocenters. The van der Waals surface area contributed by atoms with Gasteiger partial charge in [0, 0.05) is 24.8 Å². The van der Waals surface area contributed by atoms with E-state index in [1.54, 1.807) is 6.20 Å². The normalized spacial score (nSPS) is 10.5. The highest BCUT2D eigenvalue weighted by atomic mass is 15.1. The molecule has 2 aromatic rings. The maximum atomic E-state index is 9.52. The number of pyridine rings is 1. The molecule has 4 nitrogen and oxygen atoms in total. The third kappa shape index (κ3) is 3.84. The first-order valence-electron chi connectivity index (χ1n) is 7.70. The average Bonchev–Trinajstić information content (AvgIpc) is 2.59. The summed E-state index contributed by atoms with van der Waals surface area (Å²) in [5, 5.41) is 12.8. The second-order valence-corrected chi connectivity index (χ2v) is 5.01. The van der Waals surface area contributed by atoms with Gasteiger partial charge in [-0.1, -0.05) is 44.2 Å². The first kappa shape index (κ1) is 16.0. The van der Waals surface area contributed by atoms with Crippen molar-refractivity contribution >= 4 is 5.82 Å². The second-order valence-electron chi connectivity index (χ2n) is 5.01. The average molecular weight is 294 g/mol. The molecule has 0 aliphatic carbocycles. The molecule has 0 bridgehead atoms. The molecule has 1 aromatic carbocycles. The van der Waals surface area contributed by atoms with Crippen LogP contribution in [0.1, 0.15) is 19.4 Å². The summed E-state index contributed by atoms with van der Waals surface area (Å²) in [6.07, 6.45) is 1.75. The van der Waals surface area contributed by atoms with Crippen molar-refractivity contribution in [3.05, 3.63) is 48.2 Å². The van der Waals surface area contributed by atoms with Crippen molar-refractivity contribution in [2.45, 2.75) is 13.8 Å². The Morgan fingerprint density at radius 3 is 2.50 bits per heavy atom. The van der Waals surface area contributed by atoms with Crippen LogP contribution in [-0.4, -0.2) is 36.1 Å². The van der Waals surface area contributed by atoms with Gasteiger partial charge in [0.2, 0.25) is 0 Å². The summed E-state index contributed by atoms with van der Waals surface area (Å²) < 4.78 is 0. The van der Waals surface area contributed by atoms with E-state index >= 15 is 0 Å². The zero-order valence-electron chi connectivity index (χ0n) is 13.2. The zero-order chi connectivity index (χ0) is 15.8. The molecule has 1 N–H and O–H groups in total. The minimum atomic E-state index is 0.605.